The molecule has 0 saturated heterocycles. The second kappa shape index (κ2) is 9.59. The molecule has 90 valence electrons. The molecule has 0 aromatic heterocycles. The molecule has 0 aliphatic rings. The topological polar surface area (TPSA) is 17.1 Å². The Morgan fingerprint density at radius 1 is 1.13 bits per heavy atom. The molecule has 0 saturated carbocycles. The smallest absolute Gasteiger partial charge is 0.132 e. The van der Waals surface area contributed by atoms with Crippen LogP contribution in [-0.4, -0.2) is 16.8 Å². The molecule has 0 aliphatic carbocycles. The molecular weight excluding hydrogens is 224 g/mol. The third-order valence-electron chi connectivity index (χ3n) is 1.94. The van der Waals surface area contributed by atoms with Gasteiger partial charge < -0.3 is 0 Å². The van der Waals surface area contributed by atoms with E-state index >= 15 is 0 Å². The summed E-state index contributed by atoms with van der Waals surface area (Å²) in [7, 11) is 3.80. The van der Waals surface area contributed by atoms with E-state index in [0.717, 1.165) is 31.4 Å². The Labute approximate surface area is 103 Å². The van der Waals surface area contributed by atoms with Crippen LogP contribution in [0.1, 0.15) is 53.4 Å². The number of ketones is 1. The second-order valence-corrected chi connectivity index (χ2v) is 7.61. The van der Waals surface area contributed by atoms with E-state index in [4.69, 9.17) is 0 Å². The Balaban J connectivity index is 3.24. The van der Waals surface area contributed by atoms with Crippen molar-refractivity contribution in [3.63, 3.8) is 0 Å². The maximum absolute atomic E-state index is 11.4. The normalized spacial score (nSPS) is 11.3. The van der Waals surface area contributed by atoms with E-state index in [2.05, 4.69) is 27.7 Å². The van der Waals surface area contributed by atoms with Crippen LogP contribution >= 0.6 is 21.6 Å². The van der Waals surface area contributed by atoms with E-state index < -0.39 is 0 Å². The van der Waals surface area contributed by atoms with Crippen LogP contribution in [0.15, 0.2) is 0 Å². The fraction of sp³-hybridized carbons (Fsp3) is 0.917. The molecule has 0 amide bonds. The van der Waals surface area contributed by atoms with Crippen LogP contribution in [0.25, 0.3) is 0 Å². The van der Waals surface area contributed by atoms with Gasteiger partial charge in [0, 0.05) is 23.8 Å². The Morgan fingerprint density at radius 2 is 1.80 bits per heavy atom. The van der Waals surface area contributed by atoms with Gasteiger partial charge in [0.15, 0.2) is 0 Å². The van der Waals surface area contributed by atoms with Gasteiger partial charge in [-0.1, -0.05) is 49.3 Å². The van der Waals surface area contributed by atoms with Gasteiger partial charge in [-0.25, -0.2) is 0 Å². The van der Waals surface area contributed by atoms with Gasteiger partial charge in [0.05, 0.1) is 0 Å². The largest absolute Gasteiger partial charge is 0.300 e. The molecule has 0 atom stereocenters. The van der Waals surface area contributed by atoms with Crippen LogP contribution in [-0.2, 0) is 4.79 Å². The van der Waals surface area contributed by atoms with E-state index in [9.17, 15) is 4.79 Å². The predicted octanol–water partition coefficient (Wildman–Crippen LogP) is 4.56. The van der Waals surface area contributed by atoms with Crippen molar-refractivity contribution in [2.75, 3.05) is 5.75 Å². The zero-order valence-electron chi connectivity index (χ0n) is 10.4. The number of rotatable bonds is 9. The molecule has 0 aromatic rings. The third-order valence-corrected chi connectivity index (χ3v) is 4.98. The molecule has 0 unspecified atom stereocenters. The molecule has 0 fully saturated rings. The molecule has 3 heteroatoms. The molecule has 0 aromatic carbocycles. The van der Waals surface area contributed by atoms with Crippen LogP contribution in [0.2, 0.25) is 0 Å². The van der Waals surface area contributed by atoms with E-state index in [1.54, 1.807) is 0 Å². The SMILES string of the molecule is CC(C)CCC(=O)CCCSSC(C)C. The van der Waals surface area contributed by atoms with Crippen LogP contribution in [0.5, 0.6) is 0 Å². The summed E-state index contributed by atoms with van der Waals surface area (Å²) in [6.45, 7) is 8.74. The van der Waals surface area contributed by atoms with Crippen molar-refractivity contribution in [3.8, 4) is 0 Å². The highest BCUT2D eigenvalue weighted by Gasteiger charge is 2.03. The van der Waals surface area contributed by atoms with Crippen molar-refractivity contribution < 1.29 is 4.79 Å². The van der Waals surface area contributed by atoms with Gasteiger partial charge in [-0.15, -0.1) is 0 Å². The highest BCUT2D eigenvalue weighted by atomic mass is 33.1. The summed E-state index contributed by atoms with van der Waals surface area (Å²) in [4.78, 5) is 11.4. The summed E-state index contributed by atoms with van der Waals surface area (Å²) in [6, 6.07) is 0. The lowest BCUT2D eigenvalue weighted by molar-refractivity contribution is -0.119. The highest BCUT2D eigenvalue weighted by molar-refractivity contribution is 8.76. The fourth-order valence-electron chi connectivity index (χ4n) is 1.09. The minimum atomic E-state index is 0.443. The minimum Gasteiger partial charge on any atom is -0.300 e. The zero-order chi connectivity index (χ0) is 11.7. The summed E-state index contributed by atoms with van der Waals surface area (Å²) in [5.74, 6) is 2.20. The molecule has 1 nitrogen and oxygen atoms in total. The van der Waals surface area contributed by atoms with Crippen molar-refractivity contribution in [2.45, 2.75) is 58.6 Å². The number of carbonyl (C=O) groups excluding carboxylic acids is 1. The monoisotopic (exact) mass is 248 g/mol. The molecule has 0 radical (unpaired) electrons. The lowest BCUT2D eigenvalue weighted by atomic mass is 10.0. The Kier molecular flexibility index (Phi) is 9.82. The summed E-state index contributed by atoms with van der Waals surface area (Å²) in [6.07, 6.45) is 3.64. The van der Waals surface area contributed by atoms with Gasteiger partial charge in [-0.3, -0.25) is 4.79 Å². The van der Waals surface area contributed by atoms with Gasteiger partial charge in [-0.2, -0.15) is 0 Å². The van der Waals surface area contributed by atoms with Crippen molar-refractivity contribution in [3.05, 3.63) is 0 Å². The predicted molar refractivity (Wildman–Crippen MR) is 73.5 cm³/mol. The zero-order valence-corrected chi connectivity index (χ0v) is 12.0. The first-order chi connectivity index (χ1) is 7.02. The molecule has 0 N–H and O–H groups in total. The Hall–Kier alpha value is 0.370. The summed E-state index contributed by atoms with van der Waals surface area (Å²) < 4.78 is 0. The third kappa shape index (κ3) is 12.3. The first kappa shape index (κ1) is 15.4. The number of carbonyl (C=O) groups is 1. The highest BCUT2D eigenvalue weighted by Crippen LogP contribution is 2.27. The number of hydrogen-bond donors (Lipinski definition) is 0. The van der Waals surface area contributed by atoms with Crippen LogP contribution in [0, 0.1) is 5.92 Å². The van der Waals surface area contributed by atoms with Gasteiger partial charge in [0.2, 0.25) is 0 Å². The molecule has 0 aliphatic heterocycles. The maximum Gasteiger partial charge on any atom is 0.132 e. The maximum atomic E-state index is 11.4. The summed E-state index contributed by atoms with van der Waals surface area (Å²) >= 11 is 0. The van der Waals surface area contributed by atoms with E-state index in [1.807, 2.05) is 21.6 Å². The average molecular weight is 248 g/mol. The number of Topliss-reactive ketones (excluding diaryl/α,β-unsaturated/α-hetero) is 1. The van der Waals surface area contributed by atoms with Crippen molar-refractivity contribution >= 4 is 27.4 Å². The number of hydrogen-bond acceptors (Lipinski definition) is 3. The van der Waals surface area contributed by atoms with Crippen molar-refractivity contribution in [1.29, 1.82) is 0 Å². The van der Waals surface area contributed by atoms with E-state index in [0.29, 0.717) is 17.0 Å². The Morgan fingerprint density at radius 3 is 2.33 bits per heavy atom. The lowest BCUT2D eigenvalue weighted by Gasteiger charge is -2.05. The second-order valence-electron chi connectivity index (χ2n) is 4.54. The quantitative estimate of drug-likeness (QED) is 0.440. The van der Waals surface area contributed by atoms with Gasteiger partial charge >= 0.3 is 0 Å². The average Bonchev–Trinajstić information content (AvgIpc) is 2.13. The standard InChI is InChI=1S/C12H24OS2/c1-10(2)7-8-12(13)6-5-9-14-15-11(3)4/h10-11H,5-9H2,1-4H3. The van der Waals surface area contributed by atoms with Gasteiger partial charge in [0.1, 0.15) is 5.78 Å². The minimum absolute atomic E-state index is 0.443. The molecule has 0 rings (SSSR count). The lowest BCUT2D eigenvalue weighted by Crippen LogP contribution is -2.00. The van der Waals surface area contributed by atoms with E-state index in [1.165, 1.54) is 0 Å². The van der Waals surface area contributed by atoms with Crippen molar-refractivity contribution in [2.24, 2.45) is 5.92 Å². The fourth-order valence-corrected chi connectivity index (χ4v) is 3.18. The summed E-state index contributed by atoms with van der Waals surface area (Å²) in [5.41, 5.74) is 0. The summed E-state index contributed by atoms with van der Waals surface area (Å²) in [5, 5.41) is 0.687. The first-order valence-corrected chi connectivity index (χ1v) is 8.20. The van der Waals surface area contributed by atoms with Crippen LogP contribution in [0.4, 0.5) is 0 Å². The van der Waals surface area contributed by atoms with Crippen LogP contribution in [0.3, 0.4) is 0 Å². The molecule has 0 heterocycles. The van der Waals surface area contributed by atoms with E-state index in [-0.39, 0.29) is 0 Å². The Bertz CT molecular complexity index is 167. The first-order valence-electron chi connectivity index (χ1n) is 5.82. The van der Waals surface area contributed by atoms with Gasteiger partial charge in [-0.05, 0) is 18.8 Å². The molecular formula is C12H24OS2. The van der Waals surface area contributed by atoms with Crippen molar-refractivity contribution in [1.82, 2.24) is 0 Å². The van der Waals surface area contributed by atoms with Gasteiger partial charge in [0.25, 0.3) is 0 Å². The molecule has 0 bridgehead atoms. The molecule has 15 heavy (non-hydrogen) atoms. The molecule has 0 spiro atoms. The van der Waals surface area contributed by atoms with Crippen LogP contribution < -0.4 is 0 Å².